The van der Waals surface area contributed by atoms with E-state index in [0.29, 0.717) is 12.8 Å². The van der Waals surface area contributed by atoms with Crippen molar-refractivity contribution in [3.8, 4) is 0 Å². The average molecular weight is 271 g/mol. The first-order valence-corrected chi connectivity index (χ1v) is 6.83. The van der Waals surface area contributed by atoms with Crippen LogP contribution in [0.1, 0.15) is 54.4 Å². The number of rotatable bonds is 5. The van der Waals surface area contributed by atoms with E-state index >= 15 is 0 Å². The SMILES string of the molecule is CCC(CC)(C(=O)N(C)C(C)C(C)(C)C)C(N)=NO. The Morgan fingerprint density at radius 3 is 2.00 bits per heavy atom. The minimum atomic E-state index is -0.914. The zero-order valence-corrected chi connectivity index (χ0v) is 13.3. The highest BCUT2D eigenvalue weighted by molar-refractivity contribution is 6.06. The molecule has 0 aromatic heterocycles. The van der Waals surface area contributed by atoms with Crippen molar-refractivity contribution in [2.75, 3.05) is 7.05 Å². The van der Waals surface area contributed by atoms with E-state index in [1.54, 1.807) is 11.9 Å². The lowest BCUT2D eigenvalue weighted by atomic mass is 9.78. The number of oxime groups is 1. The van der Waals surface area contributed by atoms with Crippen LogP contribution in [0.3, 0.4) is 0 Å². The van der Waals surface area contributed by atoms with Crippen LogP contribution in [0.2, 0.25) is 0 Å². The molecule has 0 heterocycles. The van der Waals surface area contributed by atoms with E-state index < -0.39 is 5.41 Å². The molecule has 0 aromatic carbocycles. The molecule has 0 saturated heterocycles. The van der Waals surface area contributed by atoms with E-state index in [4.69, 9.17) is 10.9 Å². The lowest BCUT2D eigenvalue weighted by Gasteiger charge is -2.40. The molecule has 0 fully saturated rings. The van der Waals surface area contributed by atoms with Gasteiger partial charge < -0.3 is 15.8 Å². The molecule has 0 aliphatic carbocycles. The highest BCUT2D eigenvalue weighted by Crippen LogP contribution is 2.32. The van der Waals surface area contributed by atoms with Crippen LogP contribution < -0.4 is 5.73 Å². The summed E-state index contributed by atoms with van der Waals surface area (Å²) in [5.74, 6) is -0.0920. The van der Waals surface area contributed by atoms with Crippen molar-refractivity contribution in [3.63, 3.8) is 0 Å². The number of amidine groups is 1. The summed E-state index contributed by atoms with van der Waals surface area (Å²) in [5, 5.41) is 12.0. The summed E-state index contributed by atoms with van der Waals surface area (Å²) in [5.41, 5.74) is 4.83. The Morgan fingerprint density at radius 2 is 1.74 bits per heavy atom. The second kappa shape index (κ2) is 6.26. The molecule has 1 unspecified atom stereocenters. The fraction of sp³-hybridized carbons (Fsp3) is 0.857. The van der Waals surface area contributed by atoms with Gasteiger partial charge in [-0.1, -0.05) is 39.8 Å². The zero-order valence-electron chi connectivity index (χ0n) is 13.3. The molecule has 0 spiro atoms. The number of nitrogens with zero attached hydrogens (tertiary/aromatic N) is 2. The fourth-order valence-electron chi connectivity index (χ4n) is 2.21. The molecule has 112 valence electrons. The Hall–Kier alpha value is -1.26. The predicted octanol–water partition coefficient (Wildman–Crippen LogP) is 2.43. The maximum Gasteiger partial charge on any atom is 0.236 e. The second-order valence-electron chi connectivity index (χ2n) is 6.23. The first-order chi connectivity index (χ1) is 8.58. The van der Waals surface area contributed by atoms with E-state index in [9.17, 15) is 4.79 Å². The van der Waals surface area contributed by atoms with E-state index in [2.05, 4.69) is 25.9 Å². The smallest absolute Gasteiger partial charge is 0.236 e. The van der Waals surface area contributed by atoms with Crippen LogP contribution in [0.15, 0.2) is 5.16 Å². The van der Waals surface area contributed by atoms with Crippen molar-refractivity contribution >= 4 is 11.7 Å². The maximum absolute atomic E-state index is 12.8. The van der Waals surface area contributed by atoms with E-state index in [1.807, 2.05) is 20.8 Å². The van der Waals surface area contributed by atoms with Crippen LogP contribution in [0.4, 0.5) is 0 Å². The number of hydrogen-bond donors (Lipinski definition) is 2. The topological polar surface area (TPSA) is 78.9 Å². The van der Waals surface area contributed by atoms with Crippen molar-refractivity contribution in [3.05, 3.63) is 0 Å². The Morgan fingerprint density at radius 1 is 1.32 bits per heavy atom. The minimum Gasteiger partial charge on any atom is -0.409 e. The van der Waals surface area contributed by atoms with Gasteiger partial charge in [0.25, 0.3) is 0 Å². The molecule has 1 atom stereocenters. The van der Waals surface area contributed by atoms with Crippen LogP contribution in [0, 0.1) is 10.8 Å². The highest BCUT2D eigenvalue weighted by Gasteiger charge is 2.43. The van der Waals surface area contributed by atoms with Crippen LogP contribution in [-0.4, -0.2) is 34.9 Å². The molecule has 1 amide bonds. The quantitative estimate of drug-likeness (QED) is 0.349. The summed E-state index contributed by atoms with van der Waals surface area (Å²) < 4.78 is 0. The molecule has 5 nitrogen and oxygen atoms in total. The van der Waals surface area contributed by atoms with Gasteiger partial charge >= 0.3 is 0 Å². The number of hydrogen-bond acceptors (Lipinski definition) is 3. The van der Waals surface area contributed by atoms with Gasteiger partial charge in [-0.05, 0) is 25.2 Å². The van der Waals surface area contributed by atoms with Crippen molar-refractivity contribution < 1.29 is 10.0 Å². The molecule has 0 rings (SSSR count). The van der Waals surface area contributed by atoms with Gasteiger partial charge in [-0.25, -0.2) is 0 Å². The first-order valence-electron chi connectivity index (χ1n) is 6.83. The third kappa shape index (κ3) is 3.39. The van der Waals surface area contributed by atoms with E-state index in [-0.39, 0.29) is 23.2 Å². The Labute approximate surface area is 116 Å². The van der Waals surface area contributed by atoms with Crippen LogP contribution in [0.25, 0.3) is 0 Å². The molecular weight excluding hydrogens is 242 g/mol. The molecule has 19 heavy (non-hydrogen) atoms. The van der Waals surface area contributed by atoms with Gasteiger partial charge in [-0.3, -0.25) is 4.79 Å². The lowest BCUT2D eigenvalue weighted by Crippen LogP contribution is -2.54. The van der Waals surface area contributed by atoms with E-state index in [0.717, 1.165) is 0 Å². The van der Waals surface area contributed by atoms with Crippen molar-refractivity contribution in [2.45, 2.75) is 60.4 Å². The zero-order chi connectivity index (χ0) is 15.4. The predicted molar refractivity (Wildman–Crippen MR) is 78.1 cm³/mol. The third-order valence-corrected chi connectivity index (χ3v) is 4.37. The Balaban J connectivity index is 5.46. The van der Waals surface area contributed by atoms with Crippen LogP contribution in [0.5, 0.6) is 0 Å². The maximum atomic E-state index is 12.8. The molecule has 5 heteroatoms. The fourth-order valence-corrected chi connectivity index (χ4v) is 2.21. The van der Waals surface area contributed by atoms with Gasteiger partial charge in [-0.2, -0.15) is 0 Å². The van der Waals surface area contributed by atoms with Gasteiger partial charge in [-0.15, -0.1) is 0 Å². The molecular formula is C14H29N3O2. The minimum absolute atomic E-state index is 0.00420. The largest absolute Gasteiger partial charge is 0.409 e. The summed E-state index contributed by atoms with van der Waals surface area (Å²) in [7, 11) is 1.78. The molecule has 0 radical (unpaired) electrons. The van der Waals surface area contributed by atoms with Gasteiger partial charge in [0.2, 0.25) is 5.91 Å². The highest BCUT2D eigenvalue weighted by atomic mass is 16.4. The summed E-state index contributed by atoms with van der Waals surface area (Å²) >= 11 is 0. The van der Waals surface area contributed by atoms with Crippen LogP contribution in [-0.2, 0) is 4.79 Å². The van der Waals surface area contributed by atoms with Crippen molar-refractivity contribution in [2.24, 2.45) is 21.7 Å². The first kappa shape index (κ1) is 17.7. The van der Waals surface area contributed by atoms with Gasteiger partial charge in [0.1, 0.15) is 5.41 Å². The monoisotopic (exact) mass is 271 g/mol. The summed E-state index contributed by atoms with van der Waals surface area (Å²) in [4.78, 5) is 14.5. The molecule has 0 aromatic rings. The molecule has 0 saturated carbocycles. The Bertz CT molecular complexity index is 341. The molecule has 0 bridgehead atoms. The number of amides is 1. The van der Waals surface area contributed by atoms with E-state index in [1.165, 1.54) is 0 Å². The lowest BCUT2D eigenvalue weighted by molar-refractivity contribution is -0.141. The van der Waals surface area contributed by atoms with Crippen molar-refractivity contribution in [1.82, 2.24) is 4.90 Å². The average Bonchev–Trinajstić information content (AvgIpc) is 2.37. The molecule has 3 N–H and O–H groups in total. The Kier molecular flexibility index (Phi) is 5.84. The molecule has 0 aliphatic rings. The number of carbonyl (C=O) groups is 1. The van der Waals surface area contributed by atoms with Gasteiger partial charge in [0.15, 0.2) is 5.84 Å². The number of nitrogens with two attached hydrogens (primary N) is 1. The van der Waals surface area contributed by atoms with Gasteiger partial charge in [0, 0.05) is 13.1 Å². The summed E-state index contributed by atoms with van der Waals surface area (Å²) in [6.07, 6.45) is 1.03. The summed E-state index contributed by atoms with van der Waals surface area (Å²) in [6, 6.07) is 0.0592. The van der Waals surface area contributed by atoms with Crippen molar-refractivity contribution in [1.29, 1.82) is 0 Å². The standard InChI is InChI=1S/C14H29N3O2/c1-8-14(9-2,11(15)16-19)12(18)17(7)10(3)13(4,5)6/h10,19H,8-9H2,1-7H3,(H2,15,16). The number of carbonyl (C=O) groups excluding carboxylic acids is 1. The molecule has 0 aliphatic heterocycles. The summed E-state index contributed by atoms with van der Waals surface area (Å²) in [6.45, 7) is 12.0. The van der Waals surface area contributed by atoms with Crippen LogP contribution >= 0.6 is 0 Å². The third-order valence-electron chi connectivity index (χ3n) is 4.37. The normalized spacial score (nSPS) is 15.2. The van der Waals surface area contributed by atoms with Gasteiger partial charge in [0.05, 0.1) is 0 Å². The second-order valence-corrected chi connectivity index (χ2v) is 6.23.